The SMILES string of the molecule is COC(C)CNC(=O)c1cc(C#CCO)ccc1C. The van der Waals surface area contributed by atoms with Crippen LogP contribution in [-0.2, 0) is 4.74 Å². The predicted octanol–water partition coefficient (Wildman–Crippen LogP) is 1.10. The van der Waals surface area contributed by atoms with Crippen LogP contribution in [0.5, 0.6) is 0 Å². The number of aliphatic hydroxyl groups excluding tert-OH is 1. The van der Waals surface area contributed by atoms with Crippen LogP contribution >= 0.6 is 0 Å². The molecule has 0 aliphatic rings. The van der Waals surface area contributed by atoms with Gasteiger partial charge in [-0.15, -0.1) is 0 Å². The van der Waals surface area contributed by atoms with Gasteiger partial charge < -0.3 is 15.2 Å². The lowest BCUT2D eigenvalue weighted by Gasteiger charge is -2.12. The van der Waals surface area contributed by atoms with Gasteiger partial charge in [0.25, 0.3) is 5.91 Å². The second kappa shape index (κ2) is 7.57. The van der Waals surface area contributed by atoms with Crippen molar-refractivity contribution in [2.45, 2.75) is 20.0 Å². The molecule has 1 aromatic rings. The number of hydrogen-bond acceptors (Lipinski definition) is 3. The first-order valence-electron chi connectivity index (χ1n) is 6.10. The third kappa shape index (κ3) is 4.74. The molecule has 0 saturated carbocycles. The number of amides is 1. The highest BCUT2D eigenvalue weighted by Crippen LogP contribution is 2.10. The highest BCUT2D eigenvalue weighted by Gasteiger charge is 2.10. The van der Waals surface area contributed by atoms with Crippen LogP contribution in [0.1, 0.15) is 28.4 Å². The first-order chi connectivity index (χ1) is 9.08. The summed E-state index contributed by atoms with van der Waals surface area (Å²) in [6.45, 7) is 4.02. The van der Waals surface area contributed by atoms with Gasteiger partial charge in [0.15, 0.2) is 0 Å². The Labute approximate surface area is 113 Å². The Bertz CT molecular complexity index is 500. The number of aliphatic hydroxyl groups is 1. The number of ether oxygens (including phenoxy) is 1. The molecule has 2 N–H and O–H groups in total. The Morgan fingerprint density at radius 2 is 2.26 bits per heavy atom. The standard InChI is InChI=1S/C15H19NO3/c1-11-6-7-13(5-4-8-17)9-14(11)15(18)16-10-12(2)19-3/h6-7,9,12,17H,8,10H2,1-3H3,(H,16,18). The second-order valence-electron chi connectivity index (χ2n) is 4.25. The Morgan fingerprint density at radius 3 is 2.89 bits per heavy atom. The van der Waals surface area contributed by atoms with Crippen molar-refractivity contribution < 1.29 is 14.6 Å². The van der Waals surface area contributed by atoms with Crippen LogP contribution in [0.3, 0.4) is 0 Å². The molecule has 0 radical (unpaired) electrons. The average molecular weight is 261 g/mol. The van der Waals surface area contributed by atoms with Crippen LogP contribution in [0.15, 0.2) is 18.2 Å². The number of nitrogens with one attached hydrogen (secondary N) is 1. The van der Waals surface area contributed by atoms with Crippen LogP contribution in [0, 0.1) is 18.8 Å². The summed E-state index contributed by atoms with van der Waals surface area (Å²) in [7, 11) is 1.60. The maximum Gasteiger partial charge on any atom is 0.251 e. The van der Waals surface area contributed by atoms with Gasteiger partial charge in [-0.05, 0) is 31.5 Å². The van der Waals surface area contributed by atoms with Crippen molar-refractivity contribution in [1.82, 2.24) is 5.32 Å². The molecule has 1 amide bonds. The van der Waals surface area contributed by atoms with Gasteiger partial charge in [0.05, 0.1) is 6.10 Å². The van der Waals surface area contributed by atoms with Gasteiger partial charge in [-0.2, -0.15) is 0 Å². The first-order valence-corrected chi connectivity index (χ1v) is 6.10. The highest BCUT2D eigenvalue weighted by atomic mass is 16.5. The monoisotopic (exact) mass is 261 g/mol. The fourth-order valence-electron chi connectivity index (χ4n) is 1.50. The Hall–Kier alpha value is -1.83. The van der Waals surface area contributed by atoms with Crippen molar-refractivity contribution in [2.24, 2.45) is 0 Å². The van der Waals surface area contributed by atoms with E-state index in [2.05, 4.69) is 17.2 Å². The molecular weight excluding hydrogens is 242 g/mol. The van der Waals surface area contributed by atoms with E-state index in [1.807, 2.05) is 26.0 Å². The molecule has 1 unspecified atom stereocenters. The van der Waals surface area contributed by atoms with Crippen molar-refractivity contribution in [3.8, 4) is 11.8 Å². The van der Waals surface area contributed by atoms with Gasteiger partial charge in [0.2, 0.25) is 0 Å². The molecule has 0 aromatic heterocycles. The third-order valence-corrected chi connectivity index (χ3v) is 2.75. The van der Waals surface area contributed by atoms with Gasteiger partial charge in [0, 0.05) is 24.8 Å². The van der Waals surface area contributed by atoms with Crippen LogP contribution in [0.2, 0.25) is 0 Å². The smallest absolute Gasteiger partial charge is 0.251 e. The van der Waals surface area contributed by atoms with E-state index in [4.69, 9.17) is 9.84 Å². The van der Waals surface area contributed by atoms with Crippen molar-refractivity contribution in [2.75, 3.05) is 20.3 Å². The molecule has 0 fully saturated rings. The van der Waals surface area contributed by atoms with Crippen LogP contribution in [-0.4, -0.2) is 37.4 Å². The summed E-state index contributed by atoms with van der Waals surface area (Å²) in [6.07, 6.45) is -0.0263. The number of benzene rings is 1. The Morgan fingerprint density at radius 1 is 1.53 bits per heavy atom. The minimum atomic E-state index is -0.194. The van der Waals surface area contributed by atoms with Gasteiger partial charge in [-0.25, -0.2) is 0 Å². The fourth-order valence-corrected chi connectivity index (χ4v) is 1.50. The molecule has 1 aromatic carbocycles. The van der Waals surface area contributed by atoms with E-state index in [0.29, 0.717) is 17.7 Å². The Balaban J connectivity index is 2.83. The van der Waals surface area contributed by atoms with Crippen LogP contribution < -0.4 is 5.32 Å². The zero-order valence-corrected chi connectivity index (χ0v) is 11.5. The minimum absolute atomic E-state index is 0.0263. The van der Waals surface area contributed by atoms with Gasteiger partial charge in [0.1, 0.15) is 6.61 Å². The lowest BCUT2D eigenvalue weighted by molar-refractivity contribution is 0.0870. The number of hydrogen-bond donors (Lipinski definition) is 2. The Kier molecular flexibility index (Phi) is 6.07. The van der Waals surface area contributed by atoms with E-state index in [1.54, 1.807) is 13.2 Å². The molecule has 1 atom stereocenters. The second-order valence-corrected chi connectivity index (χ2v) is 4.25. The number of carbonyl (C=O) groups is 1. The highest BCUT2D eigenvalue weighted by molar-refractivity contribution is 5.96. The molecule has 0 heterocycles. The maximum absolute atomic E-state index is 12.0. The van der Waals surface area contributed by atoms with Crippen molar-refractivity contribution in [3.05, 3.63) is 34.9 Å². The van der Waals surface area contributed by atoms with E-state index in [9.17, 15) is 4.79 Å². The summed E-state index contributed by atoms with van der Waals surface area (Å²) >= 11 is 0. The molecule has 0 aliphatic heterocycles. The van der Waals surface area contributed by atoms with Gasteiger partial charge >= 0.3 is 0 Å². The molecule has 0 aliphatic carbocycles. The van der Waals surface area contributed by atoms with E-state index in [-0.39, 0.29) is 18.6 Å². The summed E-state index contributed by atoms with van der Waals surface area (Å²) in [5.41, 5.74) is 2.19. The quantitative estimate of drug-likeness (QED) is 0.798. The lowest BCUT2D eigenvalue weighted by atomic mass is 10.0. The van der Waals surface area contributed by atoms with Gasteiger partial charge in [-0.1, -0.05) is 17.9 Å². The first kappa shape index (κ1) is 15.2. The van der Waals surface area contributed by atoms with E-state index in [1.165, 1.54) is 0 Å². The third-order valence-electron chi connectivity index (χ3n) is 2.75. The zero-order valence-electron chi connectivity index (χ0n) is 11.5. The number of rotatable bonds is 4. The number of carbonyl (C=O) groups excluding carboxylic acids is 1. The summed E-state index contributed by atoms with van der Waals surface area (Å²) in [5, 5.41) is 11.5. The molecule has 4 nitrogen and oxygen atoms in total. The lowest BCUT2D eigenvalue weighted by Crippen LogP contribution is -2.32. The molecule has 102 valence electrons. The molecule has 0 bridgehead atoms. The molecule has 1 rings (SSSR count). The summed E-state index contributed by atoms with van der Waals surface area (Å²) in [5.74, 6) is 5.21. The fraction of sp³-hybridized carbons (Fsp3) is 0.400. The molecule has 4 heteroatoms. The van der Waals surface area contributed by atoms with Crippen molar-refractivity contribution in [3.63, 3.8) is 0 Å². The van der Waals surface area contributed by atoms with Gasteiger partial charge in [-0.3, -0.25) is 4.79 Å². The molecule has 19 heavy (non-hydrogen) atoms. The molecular formula is C15H19NO3. The maximum atomic E-state index is 12.0. The largest absolute Gasteiger partial charge is 0.384 e. The van der Waals surface area contributed by atoms with E-state index >= 15 is 0 Å². The summed E-state index contributed by atoms with van der Waals surface area (Å²) in [4.78, 5) is 12.0. The molecule has 0 spiro atoms. The summed E-state index contributed by atoms with van der Waals surface area (Å²) < 4.78 is 5.08. The minimum Gasteiger partial charge on any atom is -0.384 e. The van der Waals surface area contributed by atoms with Crippen molar-refractivity contribution in [1.29, 1.82) is 0 Å². The molecule has 0 saturated heterocycles. The normalized spacial score (nSPS) is 11.4. The summed E-state index contributed by atoms with van der Waals surface area (Å²) in [6, 6.07) is 5.40. The topological polar surface area (TPSA) is 58.6 Å². The van der Waals surface area contributed by atoms with Crippen LogP contribution in [0.25, 0.3) is 0 Å². The van der Waals surface area contributed by atoms with Crippen molar-refractivity contribution >= 4 is 5.91 Å². The van der Waals surface area contributed by atoms with E-state index < -0.39 is 0 Å². The number of aryl methyl sites for hydroxylation is 1. The zero-order chi connectivity index (χ0) is 14.3. The average Bonchev–Trinajstić information content (AvgIpc) is 2.43. The van der Waals surface area contributed by atoms with E-state index in [0.717, 1.165) is 5.56 Å². The van der Waals surface area contributed by atoms with Crippen LogP contribution in [0.4, 0.5) is 0 Å². The number of methoxy groups -OCH3 is 1. The predicted molar refractivity (Wildman–Crippen MR) is 73.9 cm³/mol.